The molecule has 0 radical (unpaired) electrons. The van der Waals surface area contributed by atoms with Crippen LogP contribution >= 0.6 is 0 Å². The summed E-state index contributed by atoms with van der Waals surface area (Å²) in [5.41, 5.74) is 2.63. The number of aldehydes is 1. The molecule has 0 bridgehead atoms. The number of carbonyl (C=O) groups is 1. The number of hydrogen-bond donors (Lipinski definition) is 0. The maximum absolute atomic E-state index is 10.3. The highest BCUT2D eigenvalue weighted by Crippen LogP contribution is 2.44. The molecule has 2 unspecified atom stereocenters. The fraction of sp³-hybridized carbons (Fsp3) is 0.550. The Balaban J connectivity index is 2.70. The van der Waals surface area contributed by atoms with Crippen LogP contribution in [-0.2, 0) is 4.79 Å². The van der Waals surface area contributed by atoms with Crippen LogP contribution in [0.3, 0.4) is 0 Å². The second-order valence-electron chi connectivity index (χ2n) is 7.06. The lowest BCUT2D eigenvalue weighted by molar-refractivity contribution is -0.104. The second kappa shape index (κ2) is 8.17. The van der Waals surface area contributed by atoms with Crippen LogP contribution in [0.25, 0.3) is 0 Å². The van der Waals surface area contributed by atoms with E-state index in [0.29, 0.717) is 11.3 Å². The van der Waals surface area contributed by atoms with Gasteiger partial charge in [0.05, 0.1) is 0 Å². The maximum Gasteiger partial charge on any atom is 0.143 e. The van der Waals surface area contributed by atoms with Crippen LogP contribution in [-0.4, -0.2) is 6.29 Å². The average molecular weight is 286 g/mol. The first kappa shape index (κ1) is 17.7. The van der Waals surface area contributed by atoms with Crippen molar-refractivity contribution in [1.82, 2.24) is 0 Å². The minimum Gasteiger partial charge on any atom is -0.299 e. The molecule has 1 aliphatic rings. The van der Waals surface area contributed by atoms with E-state index in [1.54, 1.807) is 6.08 Å². The first-order chi connectivity index (χ1) is 9.86. The minimum absolute atomic E-state index is 0.410. The Bertz CT molecular complexity index is 460. The fourth-order valence-corrected chi connectivity index (χ4v) is 3.27. The highest BCUT2D eigenvalue weighted by Gasteiger charge is 2.34. The van der Waals surface area contributed by atoms with Gasteiger partial charge in [0.25, 0.3) is 0 Å². The molecular weight excluding hydrogens is 256 g/mol. The van der Waals surface area contributed by atoms with Crippen molar-refractivity contribution in [2.24, 2.45) is 17.3 Å². The average Bonchev–Trinajstić information content (AvgIpc) is 2.37. The molecule has 1 saturated carbocycles. The molecule has 0 heterocycles. The molecular formula is C20H30O. The van der Waals surface area contributed by atoms with Crippen molar-refractivity contribution in [3.63, 3.8) is 0 Å². The van der Waals surface area contributed by atoms with Gasteiger partial charge in [-0.05, 0) is 49.2 Å². The Labute approximate surface area is 130 Å². The van der Waals surface area contributed by atoms with Crippen molar-refractivity contribution >= 4 is 6.29 Å². The Morgan fingerprint density at radius 3 is 2.38 bits per heavy atom. The summed E-state index contributed by atoms with van der Waals surface area (Å²) in [6.45, 7) is 11.2. The van der Waals surface area contributed by atoms with Crippen molar-refractivity contribution < 1.29 is 4.79 Å². The van der Waals surface area contributed by atoms with E-state index in [0.717, 1.165) is 17.8 Å². The van der Waals surface area contributed by atoms with E-state index in [4.69, 9.17) is 0 Å². The third-order valence-corrected chi connectivity index (χ3v) is 4.61. The summed E-state index contributed by atoms with van der Waals surface area (Å²) in [4.78, 5) is 10.3. The van der Waals surface area contributed by atoms with Crippen LogP contribution in [0.2, 0.25) is 0 Å². The second-order valence-corrected chi connectivity index (χ2v) is 7.06. The monoisotopic (exact) mass is 286 g/mol. The van der Waals surface area contributed by atoms with Gasteiger partial charge in [0.15, 0.2) is 0 Å². The molecule has 1 heteroatoms. The zero-order chi connectivity index (χ0) is 15.9. The predicted molar refractivity (Wildman–Crippen MR) is 92.1 cm³/mol. The van der Waals surface area contributed by atoms with Gasteiger partial charge in [0, 0.05) is 0 Å². The molecule has 0 saturated heterocycles. The lowest BCUT2D eigenvalue weighted by Gasteiger charge is -2.41. The van der Waals surface area contributed by atoms with Crippen molar-refractivity contribution in [3.05, 3.63) is 47.6 Å². The van der Waals surface area contributed by atoms with Crippen molar-refractivity contribution in [1.29, 1.82) is 0 Å². The van der Waals surface area contributed by atoms with Gasteiger partial charge in [-0.3, -0.25) is 4.79 Å². The first-order valence-electron chi connectivity index (χ1n) is 8.02. The minimum atomic E-state index is 0.410. The standard InChI is InChI=1S/C20H30O/c1-16(8-6-9-17(2)13-15-21)11-12-19-18(3)10-7-14-20(19,4)5/h6,8-9,11-13,15,18-19H,7,10,14H2,1-5H3/b9-6-,12-11+,16-8+,17-13+. The Kier molecular flexibility index (Phi) is 6.87. The molecule has 1 nitrogen and oxygen atoms in total. The largest absolute Gasteiger partial charge is 0.299 e. The topological polar surface area (TPSA) is 17.1 Å². The van der Waals surface area contributed by atoms with Gasteiger partial charge < -0.3 is 0 Å². The van der Waals surface area contributed by atoms with E-state index in [1.807, 2.05) is 19.1 Å². The third kappa shape index (κ3) is 5.87. The summed E-state index contributed by atoms with van der Waals surface area (Å²) < 4.78 is 0. The van der Waals surface area contributed by atoms with Crippen LogP contribution in [0.4, 0.5) is 0 Å². The van der Waals surface area contributed by atoms with Crippen LogP contribution in [0.5, 0.6) is 0 Å². The van der Waals surface area contributed by atoms with Crippen LogP contribution < -0.4 is 0 Å². The van der Waals surface area contributed by atoms with Crippen molar-refractivity contribution in [2.75, 3.05) is 0 Å². The molecule has 0 aromatic rings. The fourth-order valence-electron chi connectivity index (χ4n) is 3.27. The zero-order valence-corrected chi connectivity index (χ0v) is 14.2. The van der Waals surface area contributed by atoms with Gasteiger partial charge in [-0.25, -0.2) is 0 Å². The molecule has 0 aromatic carbocycles. The van der Waals surface area contributed by atoms with Crippen LogP contribution in [0, 0.1) is 17.3 Å². The van der Waals surface area contributed by atoms with Crippen LogP contribution in [0.1, 0.15) is 53.9 Å². The Morgan fingerprint density at radius 1 is 1.10 bits per heavy atom. The molecule has 2 atom stereocenters. The SMILES string of the molecule is CC(/C=C\C=C(C)\C=C\C1C(C)CCCC1(C)C)=C\C=O. The number of rotatable bonds is 5. The van der Waals surface area contributed by atoms with Gasteiger partial charge in [-0.2, -0.15) is 0 Å². The molecule has 116 valence electrons. The molecule has 21 heavy (non-hydrogen) atoms. The molecule has 1 aliphatic carbocycles. The Hall–Kier alpha value is -1.37. The molecule has 0 N–H and O–H groups in total. The third-order valence-electron chi connectivity index (χ3n) is 4.61. The number of hydrogen-bond acceptors (Lipinski definition) is 1. The molecule has 0 amide bonds. The van der Waals surface area contributed by atoms with Crippen molar-refractivity contribution in [2.45, 2.75) is 53.9 Å². The van der Waals surface area contributed by atoms with Gasteiger partial charge in [-0.1, -0.05) is 69.6 Å². The zero-order valence-electron chi connectivity index (χ0n) is 14.2. The van der Waals surface area contributed by atoms with Gasteiger partial charge in [0.1, 0.15) is 6.29 Å². The molecule has 0 aliphatic heterocycles. The smallest absolute Gasteiger partial charge is 0.143 e. The van der Waals surface area contributed by atoms with Crippen LogP contribution in [0.15, 0.2) is 47.6 Å². The summed E-state index contributed by atoms with van der Waals surface area (Å²) in [6.07, 6.45) is 17.1. The van der Waals surface area contributed by atoms with E-state index < -0.39 is 0 Å². The number of carbonyl (C=O) groups excluding carboxylic acids is 1. The highest BCUT2D eigenvalue weighted by atomic mass is 16.1. The molecule has 0 aromatic heterocycles. The first-order valence-corrected chi connectivity index (χ1v) is 8.02. The van der Waals surface area contributed by atoms with E-state index in [1.165, 1.54) is 24.8 Å². The number of allylic oxidation sites excluding steroid dienone is 8. The van der Waals surface area contributed by atoms with E-state index >= 15 is 0 Å². The normalized spacial score (nSPS) is 27.5. The van der Waals surface area contributed by atoms with E-state index in [2.05, 4.69) is 45.9 Å². The summed E-state index contributed by atoms with van der Waals surface area (Å²) in [5.74, 6) is 1.43. The molecule has 0 spiro atoms. The Morgan fingerprint density at radius 2 is 1.76 bits per heavy atom. The quantitative estimate of drug-likeness (QED) is 0.362. The lowest BCUT2D eigenvalue weighted by atomic mass is 9.64. The van der Waals surface area contributed by atoms with Gasteiger partial charge in [-0.15, -0.1) is 0 Å². The molecule has 1 fully saturated rings. The van der Waals surface area contributed by atoms with Crippen molar-refractivity contribution in [3.8, 4) is 0 Å². The lowest BCUT2D eigenvalue weighted by Crippen LogP contribution is -2.32. The summed E-state index contributed by atoms with van der Waals surface area (Å²) in [7, 11) is 0. The van der Waals surface area contributed by atoms with E-state index in [9.17, 15) is 4.79 Å². The summed E-state index contributed by atoms with van der Waals surface area (Å²) >= 11 is 0. The van der Waals surface area contributed by atoms with Gasteiger partial charge >= 0.3 is 0 Å². The summed E-state index contributed by atoms with van der Waals surface area (Å²) in [6, 6.07) is 0. The maximum atomic E-state index is 10.3. The summed E-state index contributed by atoms with van der Waals surface area (Å²) in [5, 5.41) is 0. The molecule has 1 rings (SSSR count). The predicted octanol–water partition coefficient (Wildman–Crippen LogP) is 5.65. The highest BCUT2D eigenvalue weighted by molar-refractivity contribution is 5.66. The van der Waals surface area contributed by atoms with Gasteiger partial charge in [0.2, 0.25) is 0 Å². The van der Waals surface area contributed by atoms with E-state index in [-0.39, 0.29) is 0 Å².